The Morgan fingerprint density at radius 3 is 2.38 bits per heavy atom. The Morgan fingerprint density at radius 1 is 1.19 bits per heavy atom. The lowest BCUT2D eigenvalue weighted by molar-refractivity contribution is -0.135. The molecule has 16 heavy (non-hydrogen) atoms. The van der Waals surface area contributed by atoms with Crippen molar-refractivity contribution in [2.75, 3.05) is 26.7 Å². The fourth-order valence-corrected chi connectivity index (χ4v) is 1.97. The Morgan fingerprint density at radius 2 is 1.81 bits per heavy atom. The van der Waals surface area contributed by atoms with Crippen LogP contribution in [-0.4, -0.2) is 43.8 Å². The van der Waals surface area contributed by atoms with Gasteiger partial charge in [-0.05, 0) is 52.4 Å². The quantitative estimate of drug-likeness (QED) is 0.740. The van der Waals surface area contributed by atoms with E-state index < -0.39 is 12.6 Å². The van der Waals surface area contributed by atoms with E-state index >= 15 is 0 Å². The molecule has 1 saturated heterocycles. The van der Waals surface area contributed by atoms with Gasteiger partial charge >= 0.3 is 6.18 Å². The Balaban J connectivity index is 1.95. The van der Waals surface area contributed by atoms with Crippen molar-refractivity contribution >= 4 is 0 Å². The standard InChI is InChI=1S/C11H21F3N2/c1-16-8-4-10(5-9-16)15-7-3-2-6-11(12,13)14/h10,15H,2-9H2,1H3. The van der Waals surface area contributed by atoms with Gasteiger partial charge in [-0.3, -0.25) is 0 Å². The van der Waals surface area contributed by atoms with E-state index in [0.29, 0.717) is 19.0 Å². The first-order valence-corrected chi connectivity index (χ1v) is 5.96. The smallest absolute Gasteiger partial charge is 0.314 e. The van der Waals surface area contributed by atoms with Crippen LogP contribution in [0, 0.1) is 0 Å². The van der Waals surface area contributed by atoms with E-state index in [2.05, 4.69) is 17.3 Å². The lowest BCUT2D eigenvalue weighted by atomic mass is 10.1. The van der Waals surface area contributed by atoms with Gasteiger partial charge in [0, 0.05) is 12.5 Å². The first kappa shape index (κ1) is 13.8. The highest BCUT2D eigenvalue weighted by Gasteiger charge is 2.25. The third-order valence-electron chi connectivity index (χ3n) is 3.04. The fourth-order valence-electron chi connectivity index (χ4n) is 1.97. The van der Waals surface area contributed by atoms with Crippen molar-refractivity contribution in [3.8, 4) is 0 Å². The molecule has 0 atom stereocenters. The summed E-state index contributed by atoms with van der Waals surface area (Å²) in [5, 5.41) is 3.33. The van der Waals surface area contributed by atoms with Gasteiger partial charge in [0.2, 0.25) is 0 Å². The zero-order valence-electron chi connectivity index (χ0n) is 9.82. The number of alkyl halides is 3. The zero-order valence-corrected chi connectivity index (χ0v) is 9.82. The SMILES string of the molecule is CN1CCC(NCCCCC(F)(F)F)CC1. The second-order valence-electron chi connectivity index (χ2n) is 4.60. The van der Waals surface area contributed by atoms with Crippen molar-refractivity contribution in [2.24, 2.45) is 0 Å². The van der Waals surface area contributed by atoms with Crippen LogP contribution < -0.4 is 5.32 Å². The molecule has 0 radical (unpaired) electrons. The van der Waals surface area contributed by atoms with E-state index in [9.17, 15) is 13.2 Å². The van der Waals surface area contributed by atoms with Crippen molar-refractivity contribution in [2.45, 2.75) is 44.3 Å². The number of nitrogens with one attached hydrogen (secondary N) is 1. The second kappa shape index (κ2) is 6.45. The average molecular weight is 238 g/mol. The predicted molar refractivity (Wildman–Crippen MR) is 58.4 cm³/mol. The third-order valence-corrected chi connectivity index (χ3v) is 3.04. The molecule has 2 nitrogen and oxygen atoms in total. The summed E-state index contributed by atoms with van der Waals surface area (Å²) in [7, 11) is 2.10. The molecule has 0 saturated carbocycles. The minimum Gasteiger partial charge on any atom is -0.314 e. The molecule has 0 amide bonds. The maximum atomic E-state index is 11.9. The number of piperidine rings is 1. The Labute approximate surface area is 95.2 Å². The van der Waals surface area contributed by atoms with Crippen molar-refractivity contribution < 1.29 is 13.2 Å². The van der Waals surface area contributed by atoms with E-state index in [1.165, 1.54) is 0 Å². The zero-order chi connectivity index (χ0) is 12.0. The number of rotatable bonds is 5. The van der Waals surface area contributed by atoms with Gasteiger partial charge in [-0.25, -0.2) is 0 Å². The van der Waals surface area contributed by atoms with Gasteiger partial charge in [0.25, 0.3) is 0 Å². The van der Waals surface area contributed by atoms with Gasteiger partial charge in [-0.15, -0.1) is 0 Å². The molecule has 1 aliphatic heterocycles. The minimum absolute atomic E-state index is 0.239. The number of hydrogen-bond donors (Lipinski definition) is 1. The molecule has 0 bridgehead atoms. The molecule has 1 aliphatic rings. The number of halogens is 3. The summed E-state index contributed by atoms with van der Waals surface area (Å²) in [5.74, 6) is 0. The molecule has 0 spiro atoms. The normalized spacial score (nSPS) is 20.2. The van der Waals surface area contributed by atoms with Gasteiger partial charge in [-0.2, -0.15) is 13.2 Å². The highest BCUT2D eigenvalue weighted by molar-refractivity contribution is 4.75. The van der Waals surface area contributed by atoms with Gasteiger partial charge < -0.3 is 10.2 Å². The summed E-state index contributed by atoms with van der Waals surface area (Å²) in [6.45, 7) is 2.88. The number of likely N-dealkylation sites (tertiary alicyclic amines) is 1. The first-order chi connectivity index (χ1) is 7.47. The first-order valence-electron chi connectivity index (χ1n) is 5.96. The highest BCUT2D eigenvalue weighted by atomic mass is 19.4. The van der Waals surface area contributed by atoms with E-state index in [1.54, 1.807) is 0 Å². The van der Waals surface area contributed by atoms with Gasteiger partial charge in [-0.1, -0.05) is 0 Å². The van der Waals surface area contributed by atoms with E-state index in [4.69, 9.17) is 0 Å². The van der Waals surface area contributed by atoms with Crippen LogP contribution in [0.1, 0.15) is 32.1 Å². The van der Waals surface area contributed by atoms with Crippen LogP contribution in [0.4, 0.5) is 13.2 Å². The number of nitrogens with zero attached hydrogens (tertiary/aromatic N) is 1. The molecule has 0 aliphatic carbocycles. The molecular weight excluding hydrogens is 217 g/mol. The highest BCUT2D eigenvalue weighted by Crippen LogP contribution is 2.21. The fraction of sp³-hybridized carbons (Fsp3) is 1.00. The molecule has 1 N–H and O–H groups in total. The lowest BCUT2D eigenvalue weighted by Crippen LogP contribution is -2.41. The van der Waals surface area contributed by atoms with Crippen LogP contribution in [0.5, 0.6) is 0 Å². The molecule has 1 heterocycles. The molecule has 1 fully saturated rings. The maximum Gasteiger partial charge on any atom is 0.389 e. The van der Waals surface area contributed by atoms with Gasteiger partial charge in [0.15, 0.2) is 0 Å². The molecule has 96 valence electrons. The predicted octanol–water partition coefficient (Wildman–Crippen LogP) is 2.40. The van der Waals surface area contributed by atoms with Crippen LogP contribution >= 0.6 is 0 Å². The lowest BCUT2D eigenvalue weighted by Gasteiger charge is -2.29. The molecule has 1 rings (SSSR count). The molecule has 0 aromatic rings. The van der Waals surface area contributed by atoms with Gasteiger partial charge in [0.1, 0.15) is 0 Å². The van der Waals surface area contributed by atoms with Crippen molar-refractivity contribution in [3.05, 3.63) is 0 Å². The van der Waals surface area contributed by atoms with E-state index in [1.807, 2.05) is 0 Å². The van der Waals surface area contributed by atoms with Crippen LogP contribution in [0.3, 0.4) is 0 Å². The average Bonchev–Trinajstić information content (AvgIpc) is 2.19. The molecular formula is C11H21F3N2. The third kappa shape index (κ3) is 6.33. The van der Waals surface area contributed by atoms with E-state index in [-0.39, 0.29) is 6.42 Å². The van der Waals surface area contributed by atoms with Crippen molar-refractivity contribution in [1.29, 1.82) is 0 Å². The van der Waals surface area contributed by atoms with E-state index in [0.717, 1.165) is 25.9 Å². The van der Waals surface area contributed by atoms with Gasteiger partial charge in [0.05, 0.1) is 0 Å². The number of hydrogen-bond acceptors (Lipinski definition) is 2. The topological polar surface area (TPSA) is 15.3 Å². The monoisotopic (exact) mass is 238 g/mol. The Bertz CT molecular complexity index is 186. The summed E-state index contributed by atoms with van der Waals surface area (Å²) < 4.78 is 35.6. The summed E-state index contributed by atoms with van der Waals surface area (Å²) in [6.07, 6.45) is -1.57. The maximum absolute atomic E-state index is 11.9. The number of unbranched alkanes of at least 4 members (excludes halogenated alkanes) is 1. The summed E-state index contributed by atoms with van der Waals surface area (Å²) in [4.78, 5) is 2.28. The van der Waals surface area contributed by atoms with Crippen LogP contribution in [0.15, 0.2) is 0 Å². The summed E-state index contributed by atoms with van der Waals surface area (Å²) in [6, 6.07) is 0.502. The molecule has 0 aromatic heterocycles. The van der Waals surface area contributed by atoms with Crippen LogP contribution in [-0.2, 0) is 0 Å². The van der Waals surface area contributed by atoms with Crippen LogP contribution in [0.2, 0.25) is 0 Å². The molecule has 5 heteroatoms. The van der Waals surface area contributed by atoms with Crippen molar-refractivity contribution in [3.63, 3.8) is 0 Å². The molecule has 0 unspecified atom stereocenters. The van der Waals surface area contributed by atoms with Crippen molar-refractivity contribution in [1.82, 2.24) is 10.2 Å². The largest absolute Gasteiger partial charge is 0.389 e. The summed E-state index contributed by atoms with van der Waals surface area (Å²) >= 11 is 0. The Hall–Kier alpha value is -0.290. The second-order valence-corrected chi connectivity index (χ2v) is 4.60. The van der Waals surface area contributed by atoms with Crippen LogP contribution in [0.25, 0.3) is 0 Å². The Kier molecular flexibility index (Phi) is 5.55. The summed E-state index contributed by atoms with van der Waals surface area (Å²) in [5.41, 5.74) is 0. The minimum atomic E-state index is -3.99. The molecule has 0 aromatic carbocycles.